The van der Waals surface area contributed by atoms with Crippen molar-refractivity contribution in [2.24, 2.45) is 0 Å². The maximum Gasteiger partial charge on any atom is 0.374 e. The standard InChI is InChI=1S/C14H21NO4/c1-18-14(17)13-11(6-9-19-13)10-15(7-8-16)12-4-2-3-5-12/h6,9,12,16H,2-5,7-8,10H2,1H3. The Bertz CT molecular complexity index is 409. The molecule has 1 aromatic heterocycles. The quantitative estimate of drug-likeness (QED) is 0.796. The molecule has 0 spiro atoms. The third-order valence-electron chi connectivity index (χ3n) is 3.72. The number of hydrogen-bond acceptors (Lipinski definition) is 5. The zero-order valence-corrected chi connectivity index (χ0v) is 11.3. The van der Waals surface area contributed by atoms with Crippen molar-refractivity contribution in [1.29, 1.82) is 0 Å². The first kappa shape index (κ1) is 14.1. The molecule has 0 unspecified atom stereocenters. The van der Waals surface area contributed by atoms with Gasteiger partial charge in [0, 0.05) is 24.7 Å². The Hall–Kier alpha value is -1.33. The summed E-state index contributed by atoms with van der Waals surface area (Å²) in [5, 5.41) is 9.19. The van der Waals surface area contributed by atoms with Gasteiger partial charge in [-0.15, -0.1) is 0 Å². The minimum Gasteiger partial charge on any atom is -0.463 e. The molecule has 0 radical (unpaired) electrons. The van der Waals surface area contributed by atoms with E-state index in [-0.39, 0.29) is 12.4 Å². The van der Waals surface area contributed by atoms with E-state index in [1.165, 1.54) is 26.2 Å². The predicted molar refractivity (Wildman–Crippen MR) is 69.8 cm³/mol. The zero-order chi connectivity index (χ0) is 13.7. The van der Waals surface area contributed by atoms with E-state index in [0.717, 1.165) is 18.4 Å². The monoisotopic (exact) mass is 267 g/mol. The lowest BCUT2D eigenvalue weighted by molar-refractivity contribution is 0.0560. The highest BCUT2D eigenvalue weighted by atomic mass is 16.5. The summed E-state index contributed by atoms with van der Waals surface area (Å²) in [6.07, 6.45) is 6.30. The summed E-state index contributed by atoms with van der Waals surface area (Å²) in [5.74, 6) is -0.182. The average Bonchev–Trinajstić information content (AvgIpc) is 3.08. The van der Waals surface area contributed by atoms with Crippen LogP contribution in [0.25, 0.3) is 0 Å². The number of furan rings is 1. The number of carbonyl (C=O) groups is 1. The second-order valence-corrected chi connectivity index (χ2v) is 4.90. The second-order valence-electron chi connectivity index (χ2n) is 4.90. The molecule has 0 saturated heterocycles. The molecule has 1 aromatic rings. The molecule has 1 aliphatic carbocycles. The van der Waals surface area contributed by atoms with Gasteiger partial charge < -0.3 is 14.3 Å². The highest BCUT2D eigenvalue weighted by Gasteiger charge is 2.25. The number of nitrogens with zero attached hydrogens (tertiary/aromatic N) is 1. The van der Waals surface area contributed by atoms with Gasteiger partial charge in [0.1, 0.15) is 0 Å². The van der Waals surface area contributed by atoms with Gasteiger partial charge in [-0.1, -0.05) is 12.8 Å². The van der Waals surface area contributed by atoms with E-state index in [9.17, 15) is 9.90 Å². The first-order valence-corrected chi connectivity index (χ1v) is 6.76. The van der Waals surface area contributed by atoms with Crippen molar-refractivity contribution in [2.75, 3.05) is 20.3 Å². The largest absolute Gasteiger partial charge is 0.463 e. The molecule has 106 valence electrons. The van der Waals surface area contributed by atoms with Crippen molar-refractivity contribution in [2.45, 2.75) is 38.3 Å². The van der Waals surface area contributed by atoms with Crippen molar-refractivity contribution < 1.29 is 19.1 Å². The van der Waals surface area contributed by atoms with Gasteiger partial charge in [-0.3, -0.25) is 4.90 Å². The fourth-order valence-corrected chi connectivity index (χ4v) is 2.74. The maximum atomic E-state index is 11.6. The summed E-state index contributed by atoms with van der Waals surface area (Å²) in [6, 6.07) is 2.29. The Balaban J connectivity index is 2.08. The third-order valence-corrected chi connectivity index (χ3v) is 3.72. The SMILES string of the molecule is COC(=O)c1occc1CN(CCO)C1CCCC1. The maximum absolute atomic E-state index is 11.6. The lowest BCUT2D eigenvalue weighted by atomic mass is 10.1. The molecule has 2 rings (SSSR count). The zero-order valence-electron chi connectivity index (χ0n) is 11.3. The Kier molecular flexibility index (Phi) is 4.99. The highest BCUT2D eigenvalue weighted by Crippen LogP contribution is 2.25. The number of esters is 1. The molecule has 0 bridgehead atoms. The van der Waals surface area contributed by atoms with Crippen LogP contribution in [0.3, 0.4) is 0 Å². The van der Waals surface area contributed by atoms with Crippen LogP contribution < -0.4 is 0 Å². The van der Waals surface area contributed by atoms with Crippen molar-refractivity contribution >= 4 is 5.97 Å². The van der Waals surface area contributed by atoms with Crippen LogP contribution in [-0.2, 0) is 11.3 Å². The van der Waals surface area contributed by atoms with Gasteiger partial charge >= 0.3 is 5.97 Å². The minimum absolute atomic E-state index is 0.127. The summed E-state index contributed by atoms with van der Waals surface area (Å²) in [7, 11) is 1.34. The average molecular weight is 267 g/mol. The summed E-state index contributed by atoms with van der Waals surface area (Å²) >= 11 is 0. The summed E-state index contributed by atoms with van der Waals surface area (Å²) in [5.41, 5.74) is 0.826. The van der Waals surface area contributed by atoms with Gasteiger partial charge in [0.25, 0.3) is 0 Å². The topological polar surface area (TPSA) is 62.9 Å². The highest BCUT2D eigenvalue weighted by molar-refractivity contribution is 5.87. The molecule has 1 fully saturated rings. The third kappa shape index (κ3) is 3.36. The number of methoxy groups -OCH3 is 1. The van der Waals surface area contributed by atoms with Crippen LogP contribution >= 0.6 is 0 Å². The van der Waals surface area contributed by atoms with Crippen molar-refractivity contribution in [3.63, 3.8) is 0 Å². The Morgan fingerprint density at radius 2 is 2.26 bits per heavy atom. The van der Waals surface area contributed by atoms with E-state index in [4.69, 9.17) is 9.15 Å². The molecule has 1 N–H and O–H groups in total. The van der Waals surface area contributed by atoms with Crippen LogP contribution in [0.1, 0.15) is 41.8 Å². The number of aliphatic hydroxyl groups excluding tert-OH is 1. The van der Waals surface area contributed by atoms with Gasteiger partial charge in [-0.05, 0) is 18.9 Å². The van der Waals surface area contributed by atoms with E-state index >= 15 is 0 Å². The summed E-state index contributed by atoms with van der Waals surface area (Å²) in [4.78, 5) is 13.8. The van der Waals surface area contributed by atoms with Crippen LogP contribution in [0.15, 0.2) is 16.7 Å². The van der Waals surface area contributed by atoms with Crippen LogP contribution in [0.4, 0.5) is 0 Å². The normalized spacial score (nSPS) is 16.2. The van der Waals surface area contributed by atoms with Crippen LogP contribution in [0.2, 0.25) is 0 Å². The molecule has 1 heterocycles. The molecule has 1 saturated carbocycles. The van der Waals surface area contributed by atoms with E-state index in [2.05, 4.69) is 4.90 Å². The van der Waals surface area contributed by atoms with Gasteiger partial charge in [0.05, 0.1) is 20.0 Å². The molecule has 5 heteroatoms. The number of carbonyl (C=O) groups excluding carboxylic acids is 1. The first-order chi connectivity index (χ1) is 9.26. The predicted octanol–water partition coefficient (Wildman–Crippen LogP) is 1.80. The smallest absolute Gasteiger partial charge is 0.374 e. The number of hydrogen-bond donors (Lipinski definition) is 1. The van der Waals surface area contributed by atoms with E-state index in [0.29, 0.717) is 19.1 Å². The summed E-state index contributed by atoms with van der Waals surface area (Å²) < 4.78 is 9.90. The van der Waals surface area contributed by atoms with E-state index in [1.807, 2.05) is 0 Å². The van der Waals surface area contributed by atoms with Gasteiger partial charge in [-0.25, -0.2) is 4.79 Å². The summed E-state index contributed by atoms with van der Waals surface area (Å²) in [6.45, 7) is 1.37. The molecule has 0 amide bonds. The first-order valence-electron chi connectivity index (χ1n) is 6.76. The molecule has 5 nitrogen and oxygen atoms in total. The van der Waals surface area contributed by atoms with E-state index < -0.39 is 5.97 Å². The van der Waals surface area contributed by atoms with Crippen LogP contribution in [-0.4, -0.2) is 42.3 Å². The molecule has 0 aliphatic heterocycles. The molecule has 0 atom stereocenters. The Morgan fingerprint density at radius 3 is 2.89 bits per heavy atom. The second kappa shape index (κ2) is 6.73. The van der Waals surface area contributed by atoms with Crippen molar-refractivity contribution in [3.8, 4) is 0 Å². The lowest BCUT2D eigenvalue weighted by Gasteiger charge is -2.27. The van der Waals surface area contributed by atoms with Crippen LogP contribution in [0, 0.1) is 0 Å². The minimum atomic E-state index is -0.449. The molecular weight excluding hydrogens is 246 g/mol. The lowest BCUT2D eigenvalue weighted by Crippen LogP contribution is -2.35. The number of aliphatic hydroxyl groups is 1. The fraction of sp³-hybridized carbons (Fsp3) is 0.643. The molecule has 1 aliphatic rings. The van der Waals surface area contributed by atoms with Crippen molar-refractivity contribution in [1.82, 2.24) is 4.90 Å². The molecular formula is C14H21NO4. The Labute approximate surface area is 113 Å². The number of ether oxygens (including phenoxy) is 1. The molecule has 0 aromatic carbocycles. The van der Waals surface area contributed by atoms with Crippen LogP contribution in [0.5, 0.6) is 0 Å². The fourth-order valence-electron chi connectivity index (χ4n) is 2.74. The molecule has 19 heavy (non-hydrogen) atoms. The van der Waals surface area contributed by atoms with Gasteiger partial charge in [-0.2, -0.15) is 0 Å². The van der Waals surface area contributed by atoms with E-state index in [1.54, 1.807) is 6.07 Å². The van der Waals surface area contributed by atoms with Gasteiger partial charge in [0.15, 0.2) is 0 Å². The van der Waals surface area contributed by atoms with Crippen molar-refractivity contribution in [3.05, 3.63) is 23.7 Å². The Morgan fingerprint density at radius 1 is 1.53 bits per heavy atom. The number of rotatable bonds is 6. The van der Waals surface area contributed by atoms with Gasteiger partial charge in [0.2, 0.25) is 5.76 Å².